The highest BCUT2D eigenvalue weighted by Crippen LogP contribution is 2.35. The molecule has 1 aromatic carbocycles. The number of hydrogen-bond donors (Lipinski definition) is 2. The average Bonchev–Trinajstić information content (AvgIpc) is 2.14. The first kappa shape index (κ1) is 10.5. The molecule has 1 aromatic rings. The standard InChI is InChI=1S/C8H7F3N2O/c9-8(10,11)6-3-1-2-4-7(6)12-5-13-14/h1-5,14H,(H,12,13). The van der Waals surface area contributed by atoms with Gasteiger partial charge in [-0.1, -0.05) is 12.1 Å². The van der Waals surface area contributed by atoms with Crippen molar-refractivity contribution >= 4 is 12.0 Å². The summed E-state index contributed by atoms with van der Waals surface area (Å²) >= 11 is 0. The minimum Gasteiger partial charge on any atom is -0.290 e. The Morgan fingerprint density at radius 2 is 1.93 bits per heavy atom. The second kappa shape index (κ2) is 4.10. The van der Waals surface area contributed by atoms with E-state index in [1.807, 2.05) is 0 Å². The zero-order chi connectivity index (χ0) is 10.6. The van der Waals surface area contributed by atoms with E-state index in [0.29, 0.717) is 0 Å². The number of halogens is 3. The second-order valence-electron chi connectivity index (χ2n) is 2.40. The first-order chi connectivity index (χ1) is 6.55. The van der Waals surface area contributed by atoms with Gasteiger partial charge in [0.05, 0.1) is 11.3 Å². The van der Waals surface area contributed by atoms with E-state index in [4.69, 9.17) is 5.21 Å². The van der Waals surface area contributed by atoms with Crippen LogP contribution in [0.15, 0.2) is 29.3 Å². The molecule has 76 valence electrons. The Morgan fingerprint density at radius 3 is 2.50 bits per heavy atom. The number of nitrogens with one attached hydrogen (secondary N) is 1. The van der Waals surface area contributed by atoms with Crippen LogP contribution in [0, 0.1) is 0 Å². The summed E-state index contributed by atoms with van der Waals surface area (Å²) in [5.41, 5.74) is 0.446. The molecule has 0 saturated carbocycles. The predicted molar refractivity (Wildman–Crippen MR) is 44.5 cm³/mol. The number of benzene rings is 1. The topological polar surface area (TPSA) is 44.6 Å². The molecule has 0 unspecified atom stereocenters. The number of hydrogen-bond acceptors (Lipinski definition) is 2. The molecule has 14 heavy (non-hydrogen) atoms. The van der Waals surface area contributed by atoms with Gasteiger partial charge in [-0.2, -0.15) is 13.2 Å². The van der Waals surface area contributed by atoms with E-state index in [-0.39, 0.29) is 5.69 Å². The van der Waals surface area contributed by atoms with Crippen molar-refractivity contribution in [2.45, 2.75) is 6.18 Å². The summed E-state index contributed by atoms with van der Waals surface area (Å²) in [5, 5.41) is 8.14. The van der Waals surface area contributed by atoms with Gasteiger partial charge in [0, 0.05) is 0 Å². The van der Waals surface area contributed by atoms with Gasteiger partial charge in [-0.3, -0.25) is 10.7 Å². The SMILES string of the molecule is ONC=Nc1ccccc1C(F)(F)F. The quantitative estimate of drug-likeness (QED) is 0.441. The van der Waals surface area contributed by atoms with Crippen LogP contribution < -0.4 is 5.48 Å². The van der Waals surface area contributed by atoms with Gasteiger partial charge in [0.15, 0.2) is 0 Å². The molecular formula is C8H7F3N2O. The molecule has 0 aliphatic carbocycles. The van der Waals surface area contributed by atoms with Gasteiger partial charge in [0.2, 0.25) is 0 Å². The lowest BCUT2D eigenvalue weighted by atomic mass is 10.2. The van der Waals surface area contributed by atoms with Crippen LogP contribution in [0.3, 0.4) is 0 Å². The van der Waals surface area contributed by atoms with Crippen LogP contribution in [0.5, 0.6) is 0 Å². The summed E-state index contributed by atoms with van der Waals surface area (Å²) in [4.78, 5) is 3.39. The molecule has 0 amide bonds. The number of para-hydroxylation sites is 1. The van der Waals surface area contributed by atoms with Crippen LogP contribution in [-0.4, -0.2) is 11.5 Å². The Labute approximate surface area is 77.9 Å². The van der Waals surface area contributed by atoms with E-state index < -0.39 is 11.7 Å². The molecule has 1 rings (SSSR count). The highest BCUT2D eigenvalue weighted by atomic mass is 19.4. The van der Waals surface area contributed by atoms with Crippen molar-refractivity contribution in [3.63, 3.8) is 0 Å². The van der Waals surface area contributed by atoms with Crippen LogP contribution in [-0.2, 0) is 6.18 Å². The Morgan fingerprint density at radius 1 is 1.29 bits per heavy atom. The molecule has 6 heteroatoms. The van der Waals surface area contributed by atoms with E-state index in [0.717, 1.165) is 12.4 Å². The summed E-state index contributed by atoms with van der Waals surface area (Å²) < 4.78 is 37.0. The van der Waals surface area contributed by atoms with Gasteiger partial charge >= 0.3 is 6.18 Å². The summed E-state index contributed by atoms with van der Waals surface area (Å²) in [6.07, 6.45) is -3.67. The molecule has 0 radical (unpaired) electrons. The molecule has 2 N–H and O–H groups in total. The molecule has 0 atom stereocenters. The molecule has 0 saturated heterocycles. The van der Waals surface area contributed by atoms with Crippen molar-refractivity contribution < 1.29 is 18.4 Å². The van der Waals surface area contributed by atoms with E-state index >= 15 is 0 Å². The maximum absolute atomic E-state index is 12.3. The second-order valence-corrected chi connectivity index (χ2v) is 2.40. The normalized spacial score (nSPS) is 12.0. The maximum atomic E-state index is 12.3. The van der Waals surface area contributed by atoms with Gasteiger partial charge in [-0.05, 0) is 12.1 Å². The third kappa shape index (κ3) is 2.46. The van der Waals surface area contributed by atoms with E-state index in [1.54, 1.807) is 0 Å². The van der Waals surface area contributed by atoms with Crippen LogP contribution in [0.4, 0.5) is 18.9 Å². The molecule has 0 heterocycles. The number of alkyl halides is 3. The third-order valence-electron chi connectivity index (χ3n) is 1.47. The molecule has 0 bridgehead atoms. The van der Waals surface area contributed by atoms with Crippen molar-refractivity contribution in [2.75, 3.05) is 0 Å². The van der Waals surface area contributed by atoms with Crippen molar-refractivity contribution in [3.05, 3.63) is 29.8 Å². The Kier molecular flexibility index (Phi) is 3.08. The molecule has 0 fully saturated rings. The zero-order valence-electron chi connectivity index (χ0n) is 6.92. The minimum atomic E-state index is -4.44. The fourth-order valence-electron chi connectivity index (χ4n) is 0.924. The van der Waals surface area contributed by atoms with Crippen molar-refractivity contribution in [1.82, 2.24) is 5.48 Å². The monoisotopic (exact) mass is 204 g/mol. The maximum Gasteiger partial charge on any atom is 0.418 e. The van der Waals surface area contributed by atoms with Crippen molar-refractivity contribution in [2.24, 2.45) is 4.99 Å². The van der Waals surface area contributed by atoms with Crippen LogP contribution in [0.2, 0.25) is 0 Å². The smallest absolute Gasteiger partial charge is 0.290 e. The fraction of sp³-hybridized carbons (Fsp3) is 0.125. The summed E-state index contributed by atoms with van der Waals surface area (Å²) in [6.45, 7) is 0. The van der Waals surface area contributed by atoms with Gasteiger partial charge in [0.25, 0.3) is 0 Å². The number of hydroxylamine groups is 1. The highest BCUT2D eigenvalue weighted by molar-refractivity contribution is 5.62. The van der Waals surface area contributed by atoms with E-state index in [1.165, 1.54) is 23.7 Å². The van der Waals surface area contributed by atoms with Crippen LogP contribution in [0.25, 0.3) is 0 Å². The molecular weight excluding hydrogens is 197 g/mol. The zero-order valence-corrected chi connectivity index (χ0v) is 6.92. The average molecular weight is 204 g/mol. The largest absolute Gasteiger partial charge is 0.418 e. The summed E-state index contributed by atoms with van der Waals surface area (Å²) in [6, 6.07) is 4.83. The molecule has 0 spiro atoms. The Balaban J connectivity index is 3.10. The highest BCUT2D eigenvalue weighted by Gasteiger charge is 2.32. The molecule has 3 nitrogen and oxygen atoms in total. The van der Waals surface area contributed by atoms with E-state index in [9.17, 15) is 13.2 Å². The summed E-state index contributed by atoms with van der Waals surface area (Å²) in [5.74, 6) is 0. The lowest BCUT2D eigenvalue weighted by Gasteiger charge is -2.08. The molecule has 0 aliphatic heterocycles. The summed E-state index contributed by atoms with van der Waals surface area (Å²) in [7, 11) is 0. The van der Waals surface area contributed by atoms with Gasteiger partial charge in [-0.15, -0.1) is 0 Å². The van der Waals surface area contributed by atoms with Gasteiger partial charge in [0.1, 0.15) is 6.34 Å². The number of aliphatic imine (C=N–C) groups is 1. The fourth-order valence-corrected chi connectivity index (χ4v) is 0.924. The lowest BCUT2D eigenvalue weighted by Crippen LogP contribution is -2.06. The van der Waals surface area contributed by atoms with Gasteiger partial charge < -0.3 is 0 Å². The van der Waals surface area contributed by atoms with Crippen LogP contribution in [0.1, 0.15) is 5.56 Å². The number of rotatable bonds is 2. The number of nitrogens with zero attached hydrogens (tertiary/aromatic N) is 1. The first-order valence-corrected chi connectivity index (χ1v) is 3.64. The minimum absolute atomic E-state index is 0.249. The van der Waals surface area contributed by atoms with E-state index in [2.05, 4.69) is 4.99 Å². The van der Waals surface area contributed by atoms with Crippen LogP contribution >= 0.6 is 0 Å². The first-order valence-electron chi connectivity index (χ1n) is 3.64. The van der Waals surface area contributed by atoms with Crippen molar-refractivity contribution in [1.29, 1.82) is 0 Å². The van der Waals surface area contributed by atoms with Crippen molar-refractivity contribution in [3.8, 4) is 0 Å². The third-order valence-corrected chi connectivity index (χ3v) is 1.47. The predicted octanol–water partition coefficient (Wildman–Crippen LogP) is 2.34. The molecule has 0 aromatic heterocycles. The van der Waals surface area contributed by atoms with Gasteiger partial charge in [-0.25, -0.2) is 4.99 Å². The Bertz CT molecular complexity index is 336. The molecule has 0 aliphatic rings. The lowest BCUT2D eigenvalue weighted by molar-refractivity contribution is -0.137. The Hall–Kier alpha value is -1.56.